The Labute approximate surface area is 197 Å². The second-order valence-corrected chi connectivity index (χ2v) is 11.2. The maximum absolute atomic E-state index is 12.9. The highest BCUT2D eigenvalue weighted by Gasteiger charge is 2.56. The molecule has 5 rings (SSSR count). The van der Waals surface area contributed by atoms with Gasteiger partial charge in [0, 0.05) is 18.4 Å². The van der Waals surface area contributed by atoms with Gasteiger partial charge in [-0.3, -0.25) is 14.6 Å². The van der Waals surface area contributed by atoms with Gasteiger partial charge in [0.25, 0.3) is 5.56 Å². The zero-order valence-electron chi connectivity index (χ0n) is 19.4. The Balaban J connectivity index is 1.43. The van der Waals surface area contributed by atoms with Crippen LogP contribution in [0.15, 0.2) is 40.0 Å². The Morgan fingerprint density at radius 3 is 2.59 bits per heavy atom. The second-order valence-electron chi connectivity index (χ2n) is 10.5. The molecule has 2 aromatic heterocycles. The van der Waals surface area contributed by atoms with Crippen molar-refractivity contribution >= 4 is 27.5 Å². The van der Waals surface area contributed by atoms with Crippen molar-refractivity contribution in [1.29, 1.82) is 0 Å². The van der Waals surface area contributed by atoms with Crippen LogP contribution in [0.4, 0.5) is 5.69 Å². The van der Waals surface area contributed by atoms with Crippen molar-refractivity contribution in [3.8, 4) is 0 Å². The van der Waals surface area contributed by atoms with Crippen molar-refractivity contribution in [2.75, 3.05) is 5.32 Å². The van der Waals surface area contributed by atoms with Gasteiger partial charge in [-0.2, -0.15) is 5.10 Å². The van der Waals surface area contributed by atoms with E-state index in [1.54, 1.807) is 18.6 Å². The summed E-state index contributed by atoms with van der Waals surface area (Å²) in [5.41, 5.74) is 1.13. The second kappa shape index (κ2) is 8.28. The summed E-state index contributed by atoms with van der Waals surface area (Å²) >= 11 is 3.44. The first-order valence-corrected chi connectivity index (χ1v) is 12.0. The van der Waals surface area contributed by atoms with Crippen molar-refractivity contribution < 1.29 is 4.79 Å². The van der Waals surface area contributed by atoms with E-state index in [1.807, 2.05) is 26.0 Å². The number of nitrogens with one attached hydrogen (secondary N) is 2. The quantitative estimate of drug-likeness (QED) is 0.625. The lowest BCUT2D eigenvalue weighted by Crippen LogP contribution is -2.58. The molecule has 3 saturated carbocycles. The van der Waals surface area contributed by atoms with E-state index in [9.17, 15) is 9.59 Å². The standard InChI is InChI=1S/C24H32BrN5O2/c1-14-17-10-16(23(17,2)3)11-18(14)28-19-12-27-30(22(32)21(19)25)13-20(31)29-24(4,5)15-6-8-26-9-7-15/h6-9,12,14,16-18,28H,10-11,13H2,1-5H3,(H,29,31)/t14-,16-,17+,18-/m1/s1. The van der Waals surface area contributed by atoms with E-state index >= 15 is 0 Å². The van der Waals surface area contributed by atoms with Crippen LogP contribution < -0.4 is 16.2 Å². The van der Waals surface area contributed by atoms with Gasteiger partial charge in [-0.15, -0.1) is 0 Å². The summed E-state index contributed by atoms with van der Waals surface area (Å²) in [7, 11) is 0. The number of carbonyl (C=O) groups excluding carboxylic acids is 1. The molecule has 32 heavy (non-hydrogen) atoms. The molecule has 3 aliphatic carbocycles. The average molecular weight is 502 g/mol. The number of rotatable bonds is 6. The Morgan fingerprint density at radius 1 is 1.28 bits per heavy atom. The molecule has 2 N–H and O–H groups in total. The first kappa shape index (κ1) is 23.0. The third-order valence-electron chi connectivity index (χ3n) is 7.83. The molecule has 0 radical (unpaired) electrons. The van der Waals surface area contributed by atoms with Crippen molar-refractivity contribution in [3.63, 3.8) is 0 Å². The molecule has 172 valence electrons. The largest absolute Gasteiger partial charge is 0.380 e. The summed E-state index contributed by atoms with van der Waals surface area (Å²) in [6, 6.07) is 4.04. The summed E-state index contributed by atoms with van der Waals surface area (Å²) in [4.78, 5) is 29.6. The first-order valence-electron chi connectivity index (χ1n) is 11.2. The molecule has 0 aromatic carbocycles. The van der Waals surface area contributed by atoms with Crippen molar-refractivity contribution in [2.24, 2.45) is 23.2 Å². The smallest absolute Gasteiger partial charge is 0.283 e. The molecule has 8 heteroatoms. The SMILES string of the molecule is C[C@H]1[C@H](Nc2cnn(CC(=O)NC(C)(C)c3ccncc3)c(=O)c2Br)C[C@H]2C[C@@H]1C2(C)C. The molecule has 2 bridgehead atoms. The van der Waals surface area contributed by atoms with E-state index in [2.05, 4.69) is 57.4 Å². The summed E-state index contributed by atoms with van der Waals surface area (Å²) < 4.78 is 1.61. The van der Waals surface area contributed by atoms with Gasteiger partial charge in [-0.25, -0.2) is 4.68 Å². The molecule has 0 aliphatic heterocycles. The number of pyridine rings is 1. The normalized spacial score (nSPS) is 26.2. The lowest BCUT2D eigenvalue weighted by molar-refractivity contribution is -0.123. The number of anilines is 1. The molecular weight excluding hydrogens is 470 g/mol. The van der Waals surface area contributed by atoms with Crippen molar-refractivity contribution in [1.82, 2.24) is 20.1 Å². The van der Waals surface area contributed by atoms with Gasteiger partial charge >= 0.3 is 0 Å². The van der Waals surface area contributed by atoms with Crippen LogP contribution in [0.25, 0.3) is 0 Å². The minimum atomic E-state index is -0.589. The van der Waals surface area contributed by atoms with E-state index in [-0.39, 0.29) is 18.0 Å². The lowest BCUT2D eigenvalue weighted by atomic mass is 9.45. The Hall–Kier alpha value is -2.22. The van der Waals surface area contributed by atoms with E-state index in [4.69, 9.17) is 0 Å². The molecule has 4 atom stereocenters. The Morgan fingerprint density at radius 2 is 1.97 bits per heavy atom. The van der Waals surface area contributed by atoms with E-state index in [0.29, 0.717) is 33.5 Å². The van der Waals surface area contributed by atoms with Gasteiger partial charge < -0.3 is 10.6 Å². The van der Waals surface area contributed by atoms with Crippen LogP contribution in [0.2, 0.25) is 0 Å². The molecule has 2 heterocycles. The fourth-order valence-electron chi connectivity index (χ4n) is 5.58. The maximum Gasteiger partial charge on any atom is 0.283 e. The van der Waals surface area contributed by atoms with E-state index in [0.717, 1.165) is 17.9 Å². The summed E-state index contributed by atoms with van der Waals surface area (Å²) in [5.74, 6) is 1.68. The Bertz CT molecular complexity index is 1070. The molecule has 0 saturated heterocycles. The maximum atomic E-state index is 12.9. The number of hydrogen-bond donors (Lipinski definition) is 2. The third-order valence-corrected chi connectivity index (χ3v) is 8.59. The van der Waals surface area contributed by atoms with Crippen LogP contribution in [0, 0.1) is 23.2 Å². The first-order chi connectivity index (χ1) is 15.0. The minimum Gasteiger partial charge on any atom is -0.380 e. The fraction of sp³-hybridized carbons (Fsp3) is 0.583. The topological polar surface area (TPSA) is 88.9 Å². The van der Waals surface area contributed by atoms with Gasteiger partial charge in [-0.05, 0) is 83.5 Å². The van der Waals surface area contributed by atoms with Gasteiger partial charge in [-0.1, -0.05) is 20.8 Å². The number of carbonyl (C=O) groups is 1. The van der Waals surface area contributed by atoms with Crippen LogP contribution >= 0.6 is 15.9 Å². The van der Waals surface area contributed by atoms with Crippen molar-refractivity contribution in [2.45, 2.75) is 65.6 Å². The van der Waals surface area contributed by atoms with Crippen molar-refractivity contribution in [3.05, 3.63) is 51.1 Å². The van der Waals surface area contributed by atoms with Crippen LogP contribution in [-0.4, -0.2) is 26.7 Å². The van der Waals surface area contributed by atoms with Crippen LogP contribution in [0.1, 0.15) is 53.0 Å². The highest BCUT2D eigenvalue weighted by atomic mass is 79.9. The Kier molecular flexibility index (Phi) is 5.94. The van der Waals surface area contributed by atoms with Crippen LogP contribution in [-0.2, 0) is 16.9 Å². The molecule has 0 spiro atoms. The lowest BCUT2D eigenvalue weighted by Gasteiger charge is -2.62. The molecule has 1 amide bonds. The predicted octanol–water partition coefficient (Wildman–Crippen LogP) is 3.93. The van der Waals surface area contributed by atoms with Gasteiger partial charge in [0.15, 0.2) is 0 Å². The highest BCUT2D eigenvalue weighted by molar-refractivity contribution is 9.10. The monoisotopic (exact) mass is 501 g/mol. The van der Waals surface area contributed by atoms with Gasteiger partial charge in [0.05, 0.1) is 17.4 Å². The number of halogens is 1. The molecule has 3 aliphatic rings. The molecule has 0 unspecified atom stereocenters. The zero-order valence-corrected chi connectivity index (χ0v) is 20.9. The minimum absolute atomic E-state index is 0.148. The number of fused-ring (bicyclic) bond motifs is 2. The molecule has 3 fully saturated rings. The highest BCUT2D eigenvalue weighted by Crippen LogP contribution is 2.61. The molecule has 2 aromatic rings. The summed E-state index contributed by atoms with van der Waals surface area (Å²) in [6.07, 6.45) is 7.43. The van der Waals surface area contributed by atoms with E-state index in [1.165, 1.54) is 11.1 Å². The van der Waals surface area contributed by atoms with Crippen LogP contribution in [0.5, 0.6) is 0 Å². The van der Waals surface area contributed by atoms with E-state index < -0.39 is 5.54 Å². The number of hydrogen-bond acceptors (Lipinski definition) is 5. The number of amides is 1. The molecule has 7 nitrogen and oxygen atoms in total. The number of nitrogens with zero attached hydrogens (tertiary/aromatic N) is 3. The molecular formula is C24H32BrN5O2. The third kappa shape index (κ3) is 4.09. The summed E-state index contributed by atoms with van der Waals surface area (Å²) in [6.45, 7) is 10.7. The van der Waals surface area contributed by atoms with Gasteiger partial charge in [0.1, 0.15) is 11.0 Å². The number of aromatic nitrogens is 3. The summed E-state index contributed by atoms with van der Waals surface area (Å²) in [5, 5.41) is 10.8. The predicted molar refractivity (Wildman–Crippen MR) is 128 cm³/mol. The zero-order chi connectivity index (χ0) is 23.3. The van der Waals surface area contributed by atoms with Crippen LogP contribution in [0.3, 0.4) is 0 Å². The fourth-order valence-corrected chi connectivity index (χ4v) is 6.00. The average Bonchev–Trinajstić information content (AvgIpc) is 2.74. The van der Waals surface area contributed by atoms with Gasteiger partial charge in [0.2, 0.25) is 5.91 Å².